The number of esters is 1. The van der Waals surface area contributed by atoms with E-state index in [-0.39, 0.29) is 5.57 Å². The molecule has 72 valence electrons. The van der Waals surface area contributed by atoms with Crippen LogP contribution < -0.4 is 0 Å². The van der Waals surface area contributed by atoms with Crippen molar-refractivity contribution < 1.29 is 13.9 Å². The number of rotatable bonds is 2. The number of hydrogen-bond donors (Lipinski definition) is 0. The molecular weight excluding hydrogens is 182 g/mol. The molecule has 4 heteroatoms. The lowest BCUT2D eigenvalue weighted by Gasteiger charge is -1.95. The average Bonchev–Trinajstić information content (AvgIpc) is 2.59. The van der Waals surface area contributed by atoms with Crippen molar-refractivity contribution in [1.29, 1.82) is 5.26 Å². The van der Waals surface area contributed by atoms with Crippen LogP contribution in [-0.4, -0.2) is 13.1 Å². The molecule has 0 saturated carbocycles. The molecule has 0 atom stereocenters. The van der Waals surface area contributed by atoms with E-state index in [1.165, 1.54) is 19.4 Å². The van der Waals surface area contributed by atoms with E-state index in [0.29, 0.717) is 5.76 Å². The molecule has 4 nitrogen and oxygen atoms in total. The first-order chi connectivity index (χ1) is 6.69. The van der Waals surface area contributed by atoms with Crippen LogP contribution >= 0.6 is 0 Å². The van der Waals surface area contributed by atoms with Crippen LogP contribution in [-0.2, 0) is 9.53 Å². The second-order valence-electron chi connectivity index (χ2n) is 2.63. The Labute approximate surface area is 81.4 Å². The summed E-state index contributed by atoms with van der Waals surface area (Å²) >= 11 is 0. The number of aryl methyl sites for hydroxylation is 1. The summed E-state index contributed by atoms with van der Waals surface area (Å²) in [7, 11) is 1.22. The highest BCUT2D eigenvalue weighted by Gasteiger charge is 2.10. The minimum Gasteiger partial charge on any atom is -0.465 e. The molecule has 0 aliphatic rings. The van der Waals surface area contributed by atoms with Crippen LogP contribution in [0.2, 0.25) is 0 Å². The summed E-state index contributed by atoms with van der Waals surface area (Å²) in [6.45, 7) is 1.82. The Bertz CT molecular complexity index is 409. The Morgan fingerprint density at radius 3 is 2.86 bits per heavy atom. The van der Waals surface area contributed by atoms with Gasteiger partial charge in [-0.3, -0.25) is 0 Å². The van der Waals surface area contributed by atoms with Gasteiger partial charge in [-0.1, -0.05) is 0 Å². The summed E-state index contributed by atoms with van der Waals surface area (Å²) in [5, 5.41) is 8.66. The largest absolute Gasteiger partial charge is 0.465 e. The maximum absolute atomic E-state index is 11.0. The number of nitriles is 1. The third-order valence-electron chi connectivity index (χ3n) is 1.70. The van der Waals surface area contributed by atoms with Gasteiger partial charge in [0.25, 0.3) is 0 Å². The van der Waals surface area contributed by atoms with Crippen molar-refractivity contribution in [1.82, 2.24) is 0 Å². The Morgan fingerprint density at radius 1 is 1.71 bits per heavy atom. The van der Waals surface area contributed by atoms with Crippen LogP contribution in [0.5, 0.6) is 0 Å². The van der Waals surface area contributed by atoms with Crippen LogP contribution in [0.4, 0.5) is 0 Å². The average molecular weight is 191 g/mol. The Kier molecular flexibility index (Phi) is 3.08. The molecule has 1 aromatic heterocycles. The van der Waals surface area contributed by atoms with Crippen LogP contribution in [0, 0.1) is 18.3 Å². The lowest BCUT2D eigenvalue weighted by molar-refractivity contribution is -0.135. The van der Waals surface area contributed by atoms with E-state index in [2.05, 4.69) is 4.74 Å². The molecule has 14 heavy (non-hydrogen) atoms. The van der Waals surface area contributed by atoms with Crippen molar-refractivity contribution in [2.45, 2.75) is 6.92 Å². The van der Waals surface area contributed by atoms with Gasteiger partial charge < -0.3 is 9.15 Å². The number of hydrogen-bond acceptors (Lipinski definition) is 4. The van der Waals surface area contributed by atoms with Crippen molar-refractivity contribution in [3.05, 3.63) is 29.2 Å². The molecule has 0 saturated heterocycles. The van der Waals surface area contributed by atoms with Crippen LogP contribution in [0.15, 0.2) is 22.3 Å². The zero-order valence-corrected chi connectivity index (χ0v) is 7.90. The van der Waals surface area contributed by atoms with Crippen molar-refractivity contribution in [2.24, 2.45) is 0 Å². The normalized spacial score (nSPS) is 10.8. The summed E-state index contributed by atoms with van der Waals surface area (Å²) < 4.78 is 9.48. The summed E-state index contributed by atoms with van der Waals surface area (Å²) in [5.41, 5.74) is 0.784. The van der Waals surface area contributed by atoms with Gasteiger partial charge in [0.05, 0.1) is 13.4 Å². The zero-order chi connectivity index (χ0) is 10.6. The molecule has 1 heterocycles. The monoisotopic (exact) mass is 191 g/mol. The predicted molar refractivity (Wildman–Crippen MR) is 49.1 cm³/mol. The van der Waals surface area contributed by atoms with Gasteiger partial charge in [0.15, 0.2) is 0 Å². The molecule has 0 radical (unpaired) electrons. The second kappa shape index (κ2) is 4.28. The third-order valence-corrected chi connectivity index (χ3v) is 1.70. The molecule has 1 rings (SSSR count). The molecule has 0 bridgehead atoms. The number of ether oxygens (including phenoxy) is 1. The van der Waals surface area contributed by atoms with Crippen molar-refractivity contribution in [3.8, 4) is 6.07 Å². The van der Waals surface area contributed by atoms with E-state index < -0.39 is 5.97 Å². The standard InChI is InChI=1S/C10H9NO3/c1-7-3-4-14-9(7)5-8(6-11)10(12)13-2/h3-5H,1-2H3/b8-5+. The number of furan rings is 1. The number of carbonyl (C=O) groups is 1. The topological polar surface area (TPSA) is 63.2 Å². The third kappa shape index (κ3) is 2.02. The van der Waals surface area contributed by atoms with E-state index in [4.69, 9.17) is 9.68 Å². The fourth-order valence-corrected chi connectivity index (χ4v) is 0.910. The lowest BCUT2D eigenvalue weighted by Crippen LogP contribution is -2.02. The van der Waals surface area contributed by atoms with E-state index in [1.54, 1.807) is 12.1 Å². The molecule has 0 fully saturated rings. The maximum Gasteiger partial charge on any atom is 0.348 e. The smallest absolute Gasteiger partial charge is 0.348 e. The first-order valence-corrected chi connectivity index (χ1v) is 3.93. The molecule has 1 aromatic rings. The van der Waals surface area contributed by atoms with Gasteiger partial charge in [0, 0.05) is 6.08 Å². The molecule has 0 aromatic carbocycles. The maximum atomic E-state index is 11.0. The number of methoxy groups -OCH3 is 1. The predicted octanol–water partition coefficient (Wildman–Crippen LogP) is 1.67. The quantitative estimate of drug-likeness (QED) is 0.405. The Hall–Kier alpha value is -2.02. The van der Waals surface area contributed by atoms with E-state index in [9.17, 15) is 4.79 Å². The van der Waals surface area contributed by atoms with Gasteiger partial charge in [-0.05, 0) is 18.6 Å². The van der Waals surface area contributed by atoms with E-state index >= 15 is 0 Å². The fraction of sp³-hybridized carbons (Fsp3) is 0.200. The van der Waals surface area contributed by atoms with Crippen LogP contribution in [0.25, 0.3) is 6.08 Å². The van der Waals surface area contributed by atoms with Gasteiger partial charge in [-0.15, -0.1) is 0 Å². The van der Waals surface area contributed by atoms with E-state index in [0.717, 1.165) is 5.56 Å². The summed E-state index contributed by atoms with van der Waals surface area (Å²) in [6.07, 6.45) is 2.86. The summed E-state index contributed by atoms with van der Waals surface area (Å²) in [5.74, 6) is -0.171. The first-order valence-electron chi connectivity index (χ1n) is 3.93. The molecule has 0 aliphatic carbocycles. The van der Waals surface area contributed by atoms with Gasteiger partial charge in [0.1, 0.15) is 17.4 Å². The highest BCUT2D eigenvalue weighted by molar-refractivity contribution is 5.97. The first kappa shape index (κ1) is 10.1. The van der Waals surface area contributed by atoms with Gasteiger partial charge in [-0.25, -0.2) is 4.79 Å². The number of nitrogens with zero attached hydrogens (tertiary/aromatic N) is 1. The summed E-state index contributed by atoms with van der Waals surface area (Å²) in [6, 6.07) is 3.49. The molecule has 0 aliphatic heterocycles. The molecule has 0 spiro atoms. The molecule has 0 amide bonds. The minimum atomic E-state index is -0.664. The summed E-state index contributed by atoms with van der Waals surface area (Å²) in [4.78, 5) is 11.0. The number of carbonyl (C=O) groups excluding carboxylic acids is 1. The zero-order valence-electron chi connectivity index (χ0n) is 7.90. The highest BCUT2D eigenvalue weighted by Crippen LogP contribution is 2.13. The van der Waals surface area contributed by atoms with Crippen molar-refractivity contribution in [3.63, 3.8) is 0 Å². The fourth-order valence-electron chi connectivity index (χ4n) is 0.910. The highest BCUT2D eigenvalue weighted by atomic mass is 16.5. The van der Waals surface area contributed by atoms with Crippen molar-refractivity contribution >= 4 is 12.0 Å². The van der Waals surface area contributed by atoms with Crippen LogP contribution in [0.1, 0.15) is 11.3 Å². The molecule has 0 N–H and O–H groups in total. The van der Waals surface area contributed by atoms with Gasteiger partial charge in [0.2, 0.25) is 0 Å². The SMILES string of the molecule is COC(=O)/C(C#N)=C/c1occc1C. The van der Waals surface area contributed by atoms with Gasteiger partial charge in [-0.2, -0.15) is 5.26 Å². The molecular formula is C10H9NO3. The van der Waals surface area contributed by atoms with Crippen molar-refractivity contribution in [2.75, 3.05) is 7.11 Å². The second-order valence-corrected chi connectivity index (χ2v) is 2.63. The van der Waals surface area contributed by atoms with Gasteiger partial charge >= 0.3 is 5.97 Å². The molecule has 0 unspecified atom stereocenters. The minimum absolute atomic E-state index is 0.0782. The Balaban J connectivity index is 3.03. The lowest BCUT2D eigenvalue weighted by atomic mass is 10.2. The van der Waals surface area contributed by atoms with Crippen LogP contribution in [0.3, 0.4) is 0 Å². The Morgan fingerprint density at radius 2 is 2.43 bits per heavy atom. The van der Waals surface area contributed by atoms with E-state index in [1.807, 2.05) is 6.92 Å².